The molecule has 2 N–H and O–H groups in total. The van der Waals surface area contributed by atoms with E-state index in [2.05, 4.69) is 10.1 Å². The van der Waals surface area contributed by atoms with Crippen LogP contribution in [0.1, 0.15) is 0 Å². The number of hydrogen-bond donors (Lipinski definition) is 2. The average Bonchev–Trinajstić information content (AvgIpc) is 2.80. The average molecular weight is 273 g/mol. The van der Waals surface area contributed by atoms with Crippen molar-refractivity contribution in [3.8, 4) is 5.75 Å². The predicted octanol–water partition coefficient (Wildman–Crippen LogP) is 0.971. The highest BCUT2D eigenvalue weighted by Crippen LogP contribution is 2.26. The van der Waals surface area contributed by atoms with Crippen molar-refractivity contribution in [2.45, 2.75) is 6.54 Å². The van der Waals surface area contributed by atoms with Crippen LogP contribution < -0.4 is 10.3 Å². The molecule has 0 saturated carbocycles. The van der Waals surface area contributed by atoms with E-state index < -0.39 is 18.1 Å². The van der Waals surface area contributed by atoms with Crippen LogP contribution in [0.15, 0.2) is 29.2 Å². The predicted molar refractivity (Wildman–Crippen MR) is 72.0 cm³/mol. The second-order valence-electron chi connectivity index (χ2n) is 4.33. The SMILES string of the molecule is COc1ccc2[nH]c3c(=O)n(CC(=O)O)ncc3c2c1. The third-order valence-corrected chi connectivity index (χ3v) is 3.11. The number of rotatable bonds is 3. The molecule has 0 fully saturated rings. The zero-order chi connectivity index (χ0) is 14.3. The summed E-state index contributed by atoms with van der Waals surface area (Å²) in [5, 5.41) is 14.1. The van der Waals surface area contributed by atoms with E-state index in [1.165, 1.54) is 6.20 Å². The summed E-state index contributed by atoms with van der Waals surface area (Å²) in [4.78, 5) is 25.8. The Kier molecular flexibility index (Phi) is 2.67. The maximum atomic E-state index is 12.2. The molecule has 0 spiro atoms. The molecule has 7 heteroatoms. The van der Waals surface area contributed by atoms with Gasteiger partial charge < -0.3 is 14.8 Å². The van der Waals surface area contributed by atoms with Gasteiger partial charge in [-0.1, -0.05) is 0 Å². The van der Waals surface area contributed by atoms with E-state index in [1.54, 1.807) is 25.3 Å². The number of carbonyl (C=O) groups is 1. The van der Waals surface area contributed by atoms with Gasteiger partial charge >= 0.3 is 5.97 Å². The van der Waals surface area contributed by atoms with Gasteiger partial charge in [0.05, 0.1) is 13.3 Å². The molecule has 3 aromatic rings. The van der Waals surface area contributed by atoms with Crippen molar-refractivity contribution in [3.63, 3.8) is 0 Å². The Morgan fingerprint density at radius 1 is 1.45 bits per heavy atom. The highest BCUT2D eigenvalue weighted by atomic mass is 16.5. The number of carboxylic acid groups (broad SMARTS) is 1. The Hall–Kier alpha value is -2.83. The monoisotopic (exact) mass is 273 g/mol. The summed E-state index contributed by atoms with van der Waals surface area (Å²) in [6.45, 7) is -0.465. The first-order valence-corrected chi connectivity index (χ1v) is 5.87. The zero-order valence-electron chi connectivity index (χ0n) is 10.6. The molecular weight excluding hydrogens is 262 g/mol. The van der Waals surface area contributed by atoms with Crippen molar-refractivity contribution >= 4 is 27.8 Å². The molecule has 0 aliphatic carbocycles. The molecule has 0 aliphatic rings. The van der Waals surface area contributed by atoms with E-state index in [0.717, 1.165) is 15.6 Å². The summed E-state index contributed by atoms with van der Waals surface area (Å²) in [6.07, 6.45) is 1.48. The normalized spacial score (nSPS) is 11.1. The Balaban J connectivity index is 2.31. The molecule has 102 valence electrons. The quantitative estimate of drug-likeness (QED) is 0.741. The van der Waals surface area contributed by atoms with Gasteiger partial charge in [0, 0.05) is 16.3 Å². The summed E-state index contributed by atoms with van der Waals surface area (Å²) in [6, 6.07) is 5.38. The Morgan fingerprint density at radius 2 is 2.25 bits per heavy atom. The van der Waals surface area contributed by atoms with E-state index in [9.17, 15) is 9.59 Å². The number of nitrogens with zero attached hydrogens (tertiary/aromatic N) is 2. The number of ether oxygens (including phenoxy) is 1. The van der Waals surface area contributed by atoms with E-state index in [4.69, 9.17) is 9.84 Å². The lowest BCUT2D eigenvalue weighted by molar-refractivity contribution is -0.137. The van der Waals surface area contributed by atoms with Crippen LogP contribution in [0, 0.1) is 0 Å². The Labute approximate surface area is 112 Å². The van der Waals surface area contributed by atoms with Crippen molar-refractivity contribution in [3.05, 3.63) is 34.7 Å². The van der Waals surface area contributed by atoms with Gasteiger partial charge in [-0.3, -0.25) is 9.59 Å². The minimum absolute atomic E-state index is 0.338. The minimum atomic E-state index is -1.11. The van der Waals surface area contributed by atoms with Gasteiger partial charge in [-0.25, -0.2) is 4.68 Å². The molecule has 7 nitrogen and oxygen atoms in total. The molecular formula is C13H11N3O4. The fraction of sp³-hybridized carbons (Fsp3) is 0.154. The van der Waals surface area contributed by atoms with Crippen molar-refractivity contribution in [1.29, 1.82) is 0 Å². The number of methoxy groups -OCH3 is 1. The molecule has 2 aromatic heterocycles. The van der Waals surface area contributed by atoms with Crippen LogP contribution in [0.5, 0.6) is 5.75 Å². The molecule has 0 amide bonds. The number of nitrogens with one attached hydrogen (secondary N) is 1. The molecule has 20 heavy (non-hydrogen) atoms. The van der Waals surface area contributed by atoms with E-state index >= 15 is 0 Å². The third kappa shape index (κ3) is 1.80. The first-order chi connectivity index (χ1) is 9.60. The van der Waals surface area contributed by atoms with Crippen molar-refractivity contribution in [2.24, 2.45) is 0 Å². The van der Waals surface area contributed by atoms with E-state index in [-0.39, 0.29) is 0 Å². The zero-order valence-corrected chi connectivity index (χ0v) is 10.6. The fourth-order valence-electron chi connectivity index (χ4n) is 2.17. The molecule has 0 unspecified atom stereocenters. The number of benzene rings is 1. The van der Waals surface area contributed by atoms with Gasteiger partial charge in [-0.05, 0) is 18.2 Å². The lowest BCUT2D eigenvalue weighted by atomic mass is 10.2. The summed E-state index contributed by atoms with van der Waals surface area (Å²) >= 11 is 0. The van der Waals surface area contributed by atoms with Crippen LogP contribution in [-0.4, -0.2) is 33.0 Å². The highest BCUT2D eigenvalue weighted by Gasteiger charge is 2.12. The fourth-order valence-corrected chi connectivity index (χ4v) is 2.17. The number of aliphatic carboxylic acids is 1. The van der Waals surface area contributed by atoms with Gasteiger partial charge in [-0.2, -0.15) is 5.10 Å². The van der Waals surface area contributed by atoms with Crippen molar-refractivity contribution < 1.29 is 14.6 Å². The number of hydrogen-bond acceptors (Lipinski definition) is 4. The number of aromatic amines is 1. The second kappa shape index (κ2) is 4.37. The van der Waals surface area contributed by atoms with Crippen LogP contribution in [0.3, 0.4) is 0 Å². The van der Waals surface area contributed by atoms with E-state index in [1.807, 2.05) is 0 Å². The first-order valence-electron chi connectivity index (χ1n) is 5.87. The molecule has 0 bridgehead atoms. The van der Waals surface area contributed by atoms with Crippen LogP contribution in [0.25, 0.3) is 21.8 Å². The highest BCUT2D eigenvalue weighted by molar-refractivity contribution is 6.06. The summed E-state index contributed by atoms with van der Waals surface area (Å²) in [5.41, 5.74) is 0.650. The topological polar surface area (TPSA) is 97.2 Å². The third-order valence-electron chi connectivity index (χ3n) is 3.11. The minimum Gasteiger partial charge on any atom is -0.497 e. The summed E-state index contributed by atoms with van der Waals surface area (Å²) in [5.74, 6) is -0.440. The lowest BCUT2D eigenvalue weighted by Gasteiger charge is -2.00. The van der Waals surface area contributed by atoms with Crippen LogP contribution in [0.2, 0.25) is 0 Å². The molecule has 0 aliphatic heterocycles. The number of H-pyrrole nitrogens is 1. The first kappa shape index (κ1) is 12.2. The standard InChI is InChI=1S/C13H11N3O4/c1-20-7-2-3-10-8(4-7)9-5-14-16(6-11(17)18)13(19)12(9)15-10/h2-5,15H,6H2,1H3,(H,17,18). The maximum Gasteiger partial charge on any atom is 0.325 e. The molecule has 0 saturated heterocycles. The van der Waals surface area contributed by atoms with E-state index in [0.29, 0.717) is 16.7 Å². The van der Waals surface area contributed by atoms with Crippen molar-refractivity contribution in [1.82, 2.24) is 14.8 Å². The molecule has 2 heterocycles. The smallest absolute Gasteiger partial charge is 0.325 e. The molecule has 0 radical (unpaired) electrons. The van der Waals surface area contributed by atoms with Crippen LogP contribution in [0.4, 0.5) is 0 Å². The van der Waals surface area contributed by atoms with Crippen molar-refractivity contribution in [2.75, 3.05) is 7.11 Å². The van der Waals surface area contributed by atoms with Gasteiger partial charge in [-0.15, -0.1) is 0 Å². The van der Waals surface area contributed by atoms with Crippen LogP contribution in [-0.2, 0) is 11.3 Å². The number of carboxylic acids is 1. The van der Waals surface area contributed by atoms with Crippen LogP contribution >= 0.6 is 0 Å². The molecule has 3 rings (SSSR count). The van der Waals surface area contributed by atoms with Gasteiger partial charge in [0.25, 0.3) is 5.56 Å². The maximum absolute atomic E-state index is 12.2. The lowest BCUT2D eigenvalue weighted by Crippen LogP contribution is -2.26. The number of aromatic nitrogens is 3. The van der Waals surface area contributed by atoms with Gasteiger partial charge in [0.2, 0.25) is 0 Å². The summed E-state index contributed by atoms with van der Waals surface area (Å²) in [7, 11) is 1.56. The largest absolute Gasteiger partial charge is 0.497 e. The summed E-state index contributed by atoms with van der Waals surface area (Å²) < 4.78 is 6.07. The Bertz CT molecular complexity index is 878. The number of fused-ring (bicyclic) bond motifs is 3. The van der Waals surface area contributed by atoms with Gasteiger partial charge in [0.1, 0.15) is 17.8 Å². The second-order valence-corrected chi connectivity index (χ2v) is 4.33. The van der Waals surface area contributed by atoms with Gasteiger partial charge in [0.15, 0.2) is 0 Å². The Morgan fingerprint density at radius 3 is 2.95 bits per heavy atom. The molecule has 0 atom stereocenters. The molecule has 1 aromatic carbocycles.